The van der Waals surface area contributed by atoms with Gasteiger partial charge in [-0.3, -0.25) is 4.79 Å². The maximum atomic E-state index is 12.3. The Morgan fingerprint density at radius 2 is 1.95 bits per heavy atom. The number of H-pyrrole nitrogens is 1. The molecule has 0 atom stereocenters. The number of para-hydroxylation sites is 1. The fourth-order valence-electron chi connectivity index (χ4n) is 2.21. The average Bonchev–Trinajstić information content (AvgIpc) is 2.88. The molecule has 0 aliphatic heterocycles. The standard InChI is InChI=1S/C16H14N2O2/c1-10-13(7-4-8-15(10)19)18-16(20)12-9-17-14-6-3-2-5-11(12)14/h2-9,17,19H,1H3,(H,18,20). The average molecular weight is 266 g/mol. The predicted molar refractivity (Wildman–Crippen MR) is 79.1 cm³/mol. The van der Waals surface area contributed by atoms with Gasteiger partial charge in [0.1, 0.15) is 5.75 Å². The number of aromatic hydroxyl groups is 1. The number of fused-ring (bicyclic) bond motifs is 1. The zero-order valence-electron chi connectivity index (χ0n) is 11.0. The molecule has 1 heterocycles. The van der Waals surface area contributed by atoms with Crippen LogP contribution in [0.1, 0.15) is 15.9 Å². The Balaban J connectivity index is 1.95. The van der Waals surface area contributed by atoms with Crippen LogP contribution >= 0.6 is 0 Å². The quantitative estimate of drug-likeness (QED) is 0.665. The number of rotatable bonds is 2. The third-order valence-corrected chi connectivity index (χ3v) is 3.39. The summed E-state index contributed by atoms with van der Waals surface area (Å²) >= 11 is 0. The first-order chi connectivity index (χ1) is 9.66. The number of aromatic nitrogens is 1. The molecule has 0 radical (unpaired) electrons. The molecule has 2 aromatic carbocycles. The van der Waals surface area contributed by atoms with Crippen LogP contribution in [0.15, 0.2) is 48.7 Å². The number of hydrogen-bond acceptors (Lipinski definition) is 2. The van der Waals surface area contributed by atoms with Crippen LogP contribution in [0.5, 0.6) is 5.75 Å². The molecule has 0 fully saturated rings. The van der Waals surface area contributed by atoms with Crippen LogP contribution in [0.3, 0.4) is 0 Å². The Morgan fingerprint density at radius 3 is 2.80 bits per heavy atom. The first-order valence-corrected chi connectivity index (χ1v) is 6.33. The molecule has 0 spiro atoms. The van der Waals surface area contributed by atoms with E-state index in [1.807, 2.05) is 24.3 Å². The van der Waals surface area contributed by atoms with Gasteiger partial charge in [0, 0.05) is 28.4 Å². The third-order valence-electron chi connectivity index (χ3n) is 3.39. The molecular formula is C16H14N2O2. The summed E-state index contributed by atoms with van der Waals surface area (Å²) in [5.41, 5.74) is 2.77. The highest BCUT2D eigenvalue weighted by atomic mass is 16.3. The van der Waals surface area contributed by atoms with E-state index in [9.17, 15) is 9.90 Å². The van der Waals surface area contributed by atoms with Gasteiger partial charge in [-0.25, -0.2) is 0 Å². The van der Waals surface area contributed by atoms with Gasteiger partial charge >= 0.3 is 0 Å². The molecular weight excluding hydrogens is 252 g/mol. The van der Waals surface area contributed by atoms with Gasteiger partial charge in [0.05, 0.1) is 5.56 Å². The first-order valence-electron chi connectivity index (χ1n) is 6.33. The van der Waals surface area contributed by atoms with E-state index in [4.69, 9.17) is 0 Å². The Bertz CT molecular complexity index is 790. The molecule has 1 aromatic heterocycles. The Kier molecular flexibility index (Phi) is 2.91. The summed E-state index contributed by atoms with van der Waals surface area (Å²) in [5.74, 6) is -0.0297. The minimum absolute atomic E-state index is 0.168. The fraction of sp³-hybridized carbons (Fsp3) is 0.0625. The Morgan fingerprint density at radius 1 is 1.15 bits per heavy atom. The molecule has 3 rings (SSSR count). The number of phenols is 1. The number of hydrogen-bond donors (Lipinski definition) is 3. The van der Waals surface area contributed by atoms with Gasteiger partial charge in [-0.15, -0.1) is 0 Å². The summed E-state index contributed by atoms with van der Waals surface area (Å²) in [6.45, 7) is 1.76. The summed E-state index contributed by atoms with van der Waals surface area (Å²) in [5, 5.41) is 13.4. The van der Waals surface area contributed by atoms with Crippen molar-refractivity contribution in [3.05, 3.63) is 59.8 Å². The van der Waals surface area contributed by atoms with E-state index in [2.05, 4.69) is 10.3 Å². The number of aromatic amines is 1. The minimum Gasteiger partial charge on any atom is -0.508 e. The van der Waals surface area contributed by atoms with Gasteiger partial charge < -0.3 is 15.4 Å². The summed E-state index contributed by atoms with van der Waals surface area (Å²) in [6.07, 6.45) is 1.69. The molecule has 0 saturated heterocycles. The van der Waals surface area contributed by atoms with Crippen LogP contribution in [-0.2, 0) is 0 Å². The Hall–Kier alpha value is -2.75. The van der Waals surface area contributed by atoms with Gasteiger partial charge in [0.25, 0.3) is 5.91 Å². The van der Waals surface area contributed by atoms with Gasteiger partial charge in [-0.1, -0.05) is 24.3 Å². The van der Waals surface area contributed by atoms with Gasteiger partial charge in [-0.2, -0.15) is 0 Å². The second-order valence-corrected chi connectivity index (χ2v) is 4.65. The molecule has 4 heteroatoms. The van der Waals surface area contributed by atoms with Crippen LogP contribution in [0.4, 0.5) is 5.69 Å². The van der Waals surface area contributed by atoms with Crippen LogP contribution in [-0.4, -0.2) is 16.0 Å². The van der Waals surface area contributed by atoms with Crippen LogP contribution in [0.2, 0.25) is 0 Å². The normalized spacial score (nSPS) is 10.7. The largest absolute Gasteiger partial charge is 0.508 e. The lowest BCUT2D eigenvalue weighted by molar-refractivity contribution is 0.102. The van der Waals surface area contributed by atoms with Crippen molar-refractivity contribution in [2.45, 2.75) is 6.92 Å². The molecule has 0 unspecified atom stereocenters. The van der Waals surface area contributed by atoms with Crippen molar-refractivity contribution in [3.63, 3.8) is 0 Å². The van der Waals surface area contributed by atoms with E-state index in [0.29, 0.717) is 16.8 Å². The SMILES string of the molecule is Cc1c(O)cccc1NC(=O)c1c[nH]c2ccccc12. The zero-order valence-corrected chi connectivity index (χ0v) is 11.0. The van der Waals surface area contributed by atoms with Gasteiger partial charge in [0.2, 0.25) is 0 Å². The number of phenolic OH excluding ortho intramolecular Hbond substituents is 1. The highest BCUT2D eigenvalue weighted by Gasteiger charge is 2.13. The fourth-order valence-corrected chi connectivity index (χ4v) is 2.21. The molecule has 3 N–H and O–H groups in total. The second kappa shape index (κ2) is 4.74. The van der Waals surface area contributed by atoms with Crippen molar-refractivity contribution < 1.29 is 9.90 Å². The summed E-state index contributed by atoms with van der Waals surface area (Å²) in [7, 11) is 0. The molecule has 4 nitrogen and oxygen atoms in total. The number of carbonyl (C=O) groups excluding carboxylic acids is 1. The lowest BCUT2D eigenvalue weighted by Crippen LogP contribution is -2.12. The molecule has 0 aliphatic carbocycles. The number of carbonyl (C=O) groups is 1. The molecule has 0 saturated carbocycles. The van der Waals surface area contributed by atoms with Crippen molar-refractivity contribution >= 4 is 22.5 Å². The van der Waals surface area contributed by atoms with E-state index >= 15 is 0 Å². The lowest BCUT2D eigenvalue weighted by Gasteiger charge is -2.08. The predicted octanol–water partition coefficient (Wildman–Crippen LogP) is 3.43. The van der Waals surface area contributed by atoms with E-state index < -0.39 is 0 Å². The van der Waals surface area contributed by atoms with E-state index in [1.54, 1.807) is 31.3 Å². The topological polar surface area (TPSA) is 65.1 Å². The summed E-state index contributed by atoms with van der Waals surface area (Å²) < 4.78 is 0. The van der Waals surface area contributed by atoms with Crippen molar-refractivity contribution in [1.82, 2.24) is 4.98 Å². The third kappa shape index (κ3) is 2.01. The number of amides is 1. The minimum atomic E-state index is -0.198. The number of nitrogens with one attached hydrogen (secondary N) is 2. The van der Waals surface area contributed by atoms with Crippen LogP contribution in [0, 0.1) is 6.92 Å². The van der Waals surface area contributed by atoms with E-state index in [1.165, 1.54) is 0 Å². The summed E-state index contributed by atoms with van der Waals surface area (Å²) in [6, 6.07) is 12.7. The first kappa shape index (κ1) is 12.3. The molecule has 0 aliphatic rings. The van der Waals surface area contributed by atoms with Crippen molar-refractivity contribution in [3.8, 4) is 5.75 Å². The molecule has 1 amide bonds. The van der Waals surface area contributed by atoms with Crippen LogP contribution < -0.4 is 5.32 Å². The molecule has 0 bridgehead atoms. The van der Waals surface area contributed by atoms with E-state index in [0.717, 1.165) is 10.9 Å². The van der Waals surface area contributed by atoms with Gasteiger partial charge in [-0.05, 0) is 25.1 Å². The Labute approximate surface area is 116 Å². The van der Waals surface area contributed by atoms with Crippen molar-refractivity contribution in [2.75, 3.05) is 5.32 Å². The van der Waals surface area contributed by atoms with Crippen molar-refractivity contribution in [1.29, 1.82) is 0 Å². The monoisotopic (exact) mass is 266 g/mol. The smallest absolute Gasteiger partial charge is 0.257 e. The highest BCUT2D eigenvalue weighted by Crippen LogP contribution is 2.25. The summed E-state index contributed by atoms with van der Waals surface area (Å²) in [4.78, 5) is 15.4. The van der Waals surface area contributed by atoms with Gasteiger partial charge in [0.15, 0.2) is 0 Å². The van der Waals surface area contributed by atoms with Crippen LogP contribution in [0.25, 0.3) is 10.9 Å². The zero-order chi connectivity index (χ0) is 14.1. The second-order valence-electron chi connectivity index (χ2n) is 4.65. The van der Waals surface area contributed by atoms with E-state index in [-0.39, 0.29) is 11.7 Å². The highest BCUT2D eigenvalue weighted by molar-refractivity contribution is 6.13. The van der Waals surface area contributed by atoms with Crippen molar-refractivity contribution in [2.24, 2.45) is 0 Å². The maximum Gasteiger partial charge on any atom is 0.257 e. The molecule has 3 aromatic rings. The number of anilines is 1. The maximum absolute atomic E-state index is 12.3. The number of benzene rings is 2. The lowest BCUT2D eigenvalue weighted by atomic mass is 10.1. The molecule has 100 valence electrons. The molecule has 20 heavy (non-hydrogen) atoms.